The molecule has 1 amide bonds. The molecule has 1 aromatic carbocycles. The Morgan fingerprint density at radius 2 is 1.94 bits per heavy atom. The van der Waals surface area contributed by atoms with Gasteiger partial charge in [0.15, 0.2) is 0 Å². The van der Waals surface area contributed by atoms with Crippen LogP contribution in [0.2, 0.25) is 0 Å². The van der Waals surface area contributed by atoms with Gasteiger partial charge in [0, 0.05) is 12.5 Å². The summed E-state index contributed by atoms with van der Waals surface area (Å²) in [5.41, 5.74) is 4.79. The van der Waals surface area contributed by atoms with Crippen LogP contribution < -0.4 is 15.4 Å². The Bertz CT molecular complexity index is 872. The molecule has 1 heterocycles. The number of carbonyl (C=O) groups is 3. The molecule has 0 fully saturated rings. The monoisotopic (exact) mass is 464 g/mol. The number of carbonyl (C=O) groups excluding carboxylic acids is 2. The smallest absolute Gasteiger partial charge is 0.352 e. The highest BCUT2D eigenvalue weighted by Gasteiger charge is 2.46. The summed E-state index contributed by atoms with van der Waals surface area (Å²) in [5, 5.41) is 19.4. The van der Waals surface area contributed by atoms with Gasteiger partial charge in [0.1, 0.15) is 5.75 Å². The number of aliphatic hydroxyl groups is 1. The number of fused-ring (bicyclic) bond motifs is 1. The number of nitrogens with zero attached hydrogens (tertiary/aromatic N) is 1. The van der Waals surface area contributed by atoms with Crippen molar-refractivity contribution in [2.24, 2.45) is 17.1 Å². The molecule has 1 aliphatic heterocycles. The molecule has 9 heteroatoms. The lowest BCUT2D eigenvalue weighted by molar-refractivity contribution is -0.160. The lowest BCUT2D eigenvalue weighted by Gasteiger charge is -2.41. The minimum Gasteiger partial charge on any atom is -0.481 e. The Hall–Kier alpha value is -2.65. The largest absolute Gasteiger partial charge is 0.481 e. The van der Waals surface area contributed by atoms with Crippen LogP contribution >= 0.6 is 0 Å². The van der Waals surface area contributed by atoms with Crippen LogP contribution in [0.1, 0.15) is 53.9 Å². The van der Waals surface area contributed by atoms with Gasteiger partial charge in [-0.2, -0.15) is 0 Å². The summed E-state index contributed by atoms with van der Waals surface area (Å²) in [6.07, 6.45) is -0.542. The van der Waals surface area contributed by atoms with Crippen LogP contribution in [-0.2, 0) is 19.1 Å². The number of hydrogen-bond acceptors (Lipinski definition) is 7. The minimum atomic E-state index is -1.34. The lowest BCUT2D eigenvalue weighted by Crippen LogP contribution is -2.56. The number of carboxylic acid groups (broad SMARTS) is 1. The first-order valence-electron chi connectivity index (χ1n) is 11.2. The summed E-state index contributed by atoms with van der Waals surface area (Å²) >= 11 is 0. The fourth-order valence-electron chi connectivity index (χ4n) is 4.03. The zero-order valence-corrected chi connectivity index (χ0v) is 20.0. The molecular formula is C24H36N2O7. The maximum Gasteiger partial charge on any atom is 0.352 e. The van der Waals surface area contributed by atoms with E-state index in [9.17, 15) is 19.5 Å². The van der Waals surface area contributed by atoms with Crippen molar-refractivity contribution in [3.63, 3.8) is 0 Å². The molecule has 0 spiro atoms. The van der Waals surface area contributed by atoms with Gasteiger partial charge in [0.25, 0.3) is 0 Å². The van der Waals surface area contributed by atoms with Crippen molar-refractivity contribution in [2.45, 2.75) is 71.6 Å². The first kappa shape index (κ1) is 26.6. The molecule has 4 atom stereocenters. The summed E-state index contributed by atoms with van der Waals surface area (Å²) < 4.78 is 11.1. The van der Waals surface area contributed by atoms with Gasteiger partial charge in [0.05, 0.1) is 30.9 Å². The number of para-hydroxylation sites is 2. The van der Waals surface area contributed by atoms with Crippen molar-refractivity contribution < 1.29 is 34.1 Å². The van der Waals surface area contributed by atoms with Gasteiger partial charge < -0.3 is 30.3 Å². The molecule has 4 N–H and O–H groups in total. The highest BCUT2D eigenvalue weighted by molar-refractivity contribution is 5.97. The number of amides is 1. The van der Waals surface area contributed by atoms with Crippen molar-refractivity contribution in [1.29, 1.82) is 0 Å². The maximum absolute atomic E-state index is 13.4. The van der Waals surface area contributed by atoms with Gasteiger partial charge >= 0.3 is 11.9 Å². The second-order valence-electron chi connectivity index (χ2n) is 9.75. The standard InChI is InChI=1S/C24H36N2O7/c1-6-32-22(31)24(5)14-26(17-9-7-8-10-19(17)33-24)20(28)13-23(3,4)12-16(25)18(27)11-15(2)21(29)30/h7-10,15-16,18,27H,6,11-14,25H2,1-5H3,(H,29,30)/t15-,16+,18+,24-/m1/s1. The van der Waals surface area contributed by atoms with Gasteiger partial charge in [-0.3, -0.25) is 9.59 Å². The number of benzene rings is 1. The number of aliphatic hydroxyl groups excluding tert-OH is 1. The summed E-state index contributed by atoms with van der Waals surface area (Å²) in [4.78, 5) is 38.6. The van der Waals surface area contributed by atoms with E-state index in [1.807, 2.05) is 13.8 Å². The van der Waals surface area contributed by atoms with Crippen molar-refractivity contribution in [2.75, 3.05) is 18.1 Å². The molecule has 0 aromatic heterocycles. The number of hydrogen-bond donors (Lipinski definition) is 3. The van der Waals surface area contributed by atoms with E-state index < -0.39 is 41.0 Å². The summed E-state index contributed by atoms with van der Waals surface area (Å²) in [6.45, 7) is 8.76. The Balaban J connectivity index is 2.16. The molecular weight excluding hydrogens is 428 g/mol. The molecule has 0 aliphatic carbocycles. The average molecular weight is 465 g/mol. The Kier molecular flexibility index (Phi) is 8.48. The topological polar surface area (TPSA) is 139 Å². The predicted octanol–water partition coefficient (Wildman–Crippen LogP) is 2.34. The van der Waals surface area contributed by atoms with Crippen LogP contribution in [0.3, 0.4) is 0 Å². The third-order valence-corrected chi connectivity index (χ3v) is 5.89. The van der Waals surface area contributed by atoms with Crippen LogP contribution in [0.5, 0.6) is 5.75 Å². The van der Waals surface area contributed by atoms with E-state index in [1.54, 1.807) is 38.1 Å². The van der Waals surface area contributed by atoms with Gasteiger partial charge in [-0.15, -0.1) is 0 Å². The molecule has 0 bridgehead atoms. The number of anilines is 1. The highest BCUT2D eigenvalue weighted by Crippen LogP contribution is 2.39. The number of carboxylic acids is 1. The van der Waals surface area contributed by atoms with Gasteiger partial charge in [0.2, 0.25) is 11.5 Å². The van der Waals surface area contributed by atoms with E-state index in [1.165, 1.54) is 11.8 Å². The first-order valence-corrected chi connectivity index (χ1v) is 11.2. The van der Waals surface area contributed by atoms with Crippen LogP contribution in [0.15, 0.2) is 24.3 Å². The van der Waals surface area contributed by atoms with Crippen molar-refractivity contribution in [1.82, 2.24) is 0 Å². The zero-order chi connectivity index (χ0) is 25.0. The van der Waals surface area contributed by atoms with E-state index in [0.717, 1.165) is 0 Å². The molecule has 1 aliphatic rings. The number of esters is 1. The molecule has 1 aromatic rings. The first-order chi connectivity index (χ1) is 15.3. The van der Waals surface area contributed by atoms with E-state index in [-0.39, 0.29) is 31.9 Å². The second kappa shape index (κ2) is 10.5. The SMILES string of the molecule is CCOC(=O)[C@@]1(C)CN(C(=O)CC(C)(C)C[C@H](N)[C@@H](O)C[C@@H](C)C(=O)O)c2ccccc2O1. The third kappa shape index (κ3) is 6.68. The number of rotatable bonds is 10. The van der Waals surface area contributed by atoms with E-state index in [4.69, 9.17) is 20.3 Å². The summed E-state index contributed by atoms with van der Waals surface area (Å²) in [5.74, 6) is -2.06. The predicted molar refractivity (Wildman–Crippen MR) is 123 cm³/mol. The van der Waals surface area contributed by atoms with E-state index in [0.29, 0.717) is 17.9 Å². The lowest BCUT2D eigenvalue weighted by atomic mass is 9.80. The highest BCUT2D eigenvalue weighted by atomic mass is 16.6. The number of ether oxygens (including phenoxy) is 2. The van der Waals surface area contributed by atoms with Crippen LogP contribution in [0, 0.1) is 11.3 Å². The molecule has 184 valence electrons. The fourth-order valence-corrected chi connectivity index (χ4v) is 4.03. The molecule has 0 saturated carbocycles. The fraction of sp³-hybridized carbons (Fsp3) is 0.625. The molecule has 0 radical (unpaired) electrons. The van der Waals surface area contributed by atoms with Crippen LogP contribution in [0.25, 0.3) is 0 Å². The Morgan fingerprint density at radius 1 is 1.30 bits per heavy atom. The zero-order valence-electron chi connectivity index (χ0n) is 20.0. The Labute approximate surface area is 194 Å². The summed E-state index contributed by atoms with van der Waals surface area (Å²) in [7, 11) is 0. The molecule has 33 heavy (non-hydrogen) atoms. The molecule has 2 rings (SSSR count). The third-order valence-electron chi connectivity index (χ3n) is 5.89. The summed E-state index contributed by atoms with van der Waals surface area (Å²) in [6, 6.07) is 6.33. The number of aliphatic carboxylic acids is 1. The minimum absolute atomic E-state index is 0.00254. The normalized spacial score (nSPS) is 20.8. The van der Waals surface area contributed by atoms with Crippen LogP contribution in [-0.4, -0.2) is 59.0 Å². The quantitative estimate of drug-likeness (QED) is 0.448. The second-order valence-corrected chi connectivity index (χ2v) is 9.75. The van der Waals surface area contributed by atoms with Gasteiger partial charge in [-0.1, -0.05) is 32.9 Å². The Morgan fingerprint density at radius 3 is 2.55 bits per heavy atom. The van der Waals surface area contributed by atoms with E-state index >= 15 is 0 Å². The van der Waals surface area contributed by atoms with E-state index in [2.05, 4.69) is 0 Å². The van der Waals surface area contributed by atoms with Gasteiger partial charge in [-0.05, 0) is 44.2 Å². The van der Waals surface area contributed by atoms with Crippen molar-refractivity contribution in [3.05, 3.63) is 24.3 Å². The molecule has 9 nitrogen and oxygen atoms in total. The average Bonchev–Trinajstić information content (AvgIpc) is 2.72. The molecule has 0 saturated heterocycles. The van der Waals surface area contributed by atoms with Crippen molar-refractivity contribution in [3.8, 4) is 5.75 Å². The maximum atomic E-state index is 13.4. The molecule has 0 unspecified atom stereocenters. The van der Waals surface area contributed by atoms with Crippen LogP contribution in [0.4, 0.5) is 5.69 Å². The van der Waals surface area contributed by atoms with Crippen molar-refractivity contribution >= 4 is 23.5 Å². The van der Waals surface area contributed by atoms with Gasteiger partial charge in [-0.25, -0.2) is 4.79 Å². The number of nitrogens with two attached hydrogens (primary N) is 1.